The smallest absolute Gasteiger partial charge is 0.481 e. The molecule has 1 fully saturated rings. The van der Waals surface area contributed by atoms with E-state index in [1.54, 1.807) is 6.07 Å². The molecular weight excluding hydrogens is 355 g/mol. The van der Waals surface area contributed by atoms with Crippen LogP contribution in [-0.4, -0.2) is 41.5 Å². The number of piperidine rings is 1. The minimum atomic E-state index is -4.94. The fraction of sp³-hybridized carbons (Fsp3) is 0.438. The van der Waals surface area contributed by atoms with Crippen LogP contribution < -0.4 is 10.1 Å². The van der Waals surface area contributed by atoms with E-state index in [-0.39, 0.29) is 18.2 Å². The van der Waals surface area contributed by atoms with Gasteiger partial charge in [-0.15, -0.1) is 13.2 Å². The number of carbonyl (C=O) groups excluding carboxylic acids is 1. The van der Waals surface area contributed by atoms with Gasteiger partial charge in [-0.1, -0.05) is 6.92 Å². The molecule has 2 amide bonds. The number of likely N-dealkylation sites (tertiary alicyclic amines) is 1. The number of nitrogens with one attached hydrogen (secondary N) is 1. The average Bonchev–Trinajstić information content (AvgIpc) is 2.54. The van der Waals surface area contributed by atoms with Gasteiger partial charge in [0.05, 0.1) is 11.5 Å². The van der Waals surface area contributed by atoms with Crippen molar-refractivity contribution in [2.24, 2.45) is 11.8 Å². The van der Waals surface area contributed by atoms with Gasteiger partial charge >= 0.3 is 18.4 Å². The number of carboxylic acids is 1. The molecule has 0 aliphatic carbocycles. The normalized spacial score (nSPS) is 20.2. The lowest BCUT2D eigenvalue weighted by Gasteiger charge is -2.34. The number of alkyl halides is 3. The van der Waals surface area contributed by atoms with Gasteiger partial charge < -0.3 is 20.1 Å². The monoisotopic (exact) mass is 371 g/mol. The molecule has 1 aliphatic heterocycles. The first-order chi connectivity index (χ1) is 12.1. The lowest BCUT2D eigenvalue weighted by molar-refractivity contribution is -0.274. The number of hydrogen-bond donors (Lipinski definition) is 2. The lowest BCUT2D eigenvalue weighted by atomic mass is 9.91. The van der Waals surface area contributed by atoms with Crippen LogP contribution in [0, 0.1) is 23.2 Å². The largest absolute Gasteiger partial charge is 0.573 e. The standard InChI is InChI=1S/C16H16F3N3O4/c1-9-4-11(14(23)24)8-22(7-9)15(25)21-12-2-3-13(10(5-12)6-20)26-16(17,18)19/h2-3,5,9,11H,4,7-8H2,1H3,(H,21,25)(H,23,24). The van der Waals surface area contributed by atoms with Crippen LogP contribution in [0.2, 0.25) is 0 Å². The Hall–Kier alpha value is -2.96. The molecule has 2 rings (SSSR count). The molecule has 140 valence electrons. The first-order valence-corrected chi connectivity index (χ1v) is 7.67. The number of anilines is 1. The first-order valence-electron chi connectivity index (χ1n) is 7.67. The summed E-state index contributed by atoms with van der Waals surface area (Å²) in [5.74, 6) is -2.35. The molecule has 26 heavy (non-hydrogen) atoms. The summed E-state index contributed by atoms with van der Waals surface area (Å²) in [5, 5.41) is 20.6. The molecule has 0 spiro atoms. The molecule has 7 nitrogen and oxygen atoms in total. The molecule has 1 aromatic rings. The quantitative estimate of drug-likeness (QED) is 0.850. The average molecular weight is 371 g/mol. The lowest BCUT2D eigenvalue weighted by Crippen LogP contribution is -2.47. The van der Waals surface area contributed by atoms with E-state index >= 15 is 0 Å². The van der Waals surface area contributed by atoms with Crippen molar-refractivity contribution in [2.75, 3.05) is 18.4 Å². The highest BCUT2D eigenvalue weighted by Crippen LogP contribution is 2.29. The molecular formula is C16H16F3N3O4. The fourth-order valence-electron chi connectivity index (χ4n) is 2.81. The molecule has 2 N–H and O–H groups in total. The van der Waals surface area contributed by atoms with E-state index in [1.807, 2.05) is 6.92 Å². The van der Waals surface area contributed by atoms with Crippen LogP contribution in [0.4, 0.5) is 23.7 Å². The molecule has 0 radical (unpaired) electrons. The molecule has 1 heterocycles. The maximum absolute atomic E-state index is 12.3. The predicted octanol–water partition coefficient (Wildman–Crippen LogP) is 3.03. The number of nitriles is 1. The highest BCUT2D eigenvalue weighted by atomic mass is 19.4. The second-order valence-electron chi connectivity index (χ2n) is 6.08. The van der Waals surface area contributed by atoms with E-state index in [0.29, 0.717) is 13.0 Å². The van der Waals surface area contributed by atoms with Crippen LogP contribution in [0.15, 0.2) is 18.2 Å². The number of hydrogen-bond acceptors (Lipinski definition) is 4. The van der Waals surface area contributed by atoms with Crippen LogP contribution in [0.25, 0.3) is 0 Å². The van der Waals surface area contributed by atoms with Gasteiger partial charge in [-0.3, -0.25) is 4.79 Å². The highest BCUT2D eigenvalue weighted by Gasteiger charge is 2.33. The second kappa shape index (κ2) is 7.51. The summed E-state index contributed by atoms with van der Waals surface area (Å²) in [6.45, 7) is 2.22. The Kier molecular flexibility index (Phi) is 5.59. The topological polar surface area (TPSA) is 103 Å². The Morgan fingerprint density at radius 2 is 2.08 bits per heavy atom. The molecule has 1 aromatic carbocycles. The molecule has 10 heteroatoms. The number of urea groups is 1. The molecule has 0 bridgehead atoms. The summed E-state index contributed by atoms with van der Waals surface area (Å²) in [7, 11) is 0. The van der Waals surface area contributed by atoms with E-state index < -0.39 is 35.6 Å². The van der Waals surface area contributed by atoms with E-state index in [0.717, 1.165) is 12.1 Å². The van der Waals surface area contributed by atoms with Crippen molar-refractivity contribution >= 4 is 17.7 Å². The highest BCUT2D eigenvalue weighted by molar-refractivity contribution is 5.90. The minimum absolute atomic E-state index is 0.00664. The summed E-state index contributed by atoms with van der Waals surface area (Å²) in [6, 6.07) is 4.14. The summed E-state index contributed by atoms with van der Waals surface area (Å²) in [6.07, 6.45) is -4.48. The van der Waals surface area contributed by atoms with Crippen LogP contribution in [0.3, 0.4) is 0 Å². The van der Waals surface area contributed by atoms with E-state index in [4.69, 9.17) is 10.4 Å². The van der Waals surface area contributed by atoms with Crippen molar-refractivity contribution in [1.29, 1.82) is 5.26 Å². The number of ether oxygens (including phenoxy) is 1. The molecule has 0 aromatic heterocycles. The van der Waals surface area contributed by atoms with Crippen LogP contribution in [0.1, 0.15) is 18.9 Å². The minimum Gasteiger partial charge on any atom is -0.481 e. The first kappa shape index (κ1) is 19.4. The van der Waals surface area contributed by atoms with Crippen LogP contribution in [0.5, 0.6) is 5.75 Å². The zero-order chi connectivity index (χ0) is 19.5. The molecule has 0 saturated carbocycles. The van der Waals surface area contributed by atoms with Crippen molar-refractivity contribution in [3.63, 3.8) is 0 Å². The van der Waals surface area contributed by atoms with Crippen molar-refractivity contribution in [3.05, 3.63) is 23.8 Å². The van der Waals surface area contributed by atoms with Gasteiger partial charge in [-0.05, 0) is 30.5 Å². The van der Waals surface area contributed by atoms with Crippen molar-refractivity contribution in [1.82, 2.24) is 4.90 Å². The van der Waals surface area contributed by atoms with Gasteiger partial charge in [-0.2, -0.15) is 5.26 Å². The van der Waals surface area contributed by atoms with Gasteiger partial charge in [0.2, 0.25) is 0 Å². The van der Waals surface area contributed by atoms with Gasteiger partial charge in [-0.25, -0.2) is 4.79 Å². The van der Waals surface area contributed by atoms with Gasteiger partial charge in [0.15, 0.2) is 0 Å². The van der Waals surface area contributed by atoms with Crippen molar-refractivity contribution in [2.45, 2.75) is 19.7 Å². The van der Waals surface area contributed by atoms with Crippen LogP contribution >= 0.6 is 0 Å². The number of nitrogens with zero attached hydrogens (tertiary/aromatic N) is 2. The van der Waals surface area contributed by atoms with E-state index in [1.165, 1.54) is 11.0 Å². The number of aliphatic carboxylic acids is 1. The van der Waals surface area contributed by atoms with Crippen molar-refractivity contribution < 1.29 is 32.6 Å². The number of rotatable bonds is 3. The molecule has 1 aliphatic rings. The Bertz CT molecular complexity index is 745. The maximum Gasteiger partial charge on any atom is 0.573 e. The fourth-order valence-corrected chi connectivity index (χ4v) is 2.81. The third-order valence-corrected chi connectivity index (χ3v) is 3.87. The summed E-state index contributed by atoms with van der Waals surface area (Å²) in [4.78, 5) is 24.8. The number of amides is 2. The second-order valence-corrected chi connectivity index (χ2v) is 6.08. The number of halogens is 3. The number of benzene rings is 1. The Balaban J connectivity index is 2.11. The van der Waals surface area contributed by atoms with E-state index in [2.05, 4.69) is 10.1 Å². The summed E-state index contributed by atoms with van der Waals surface area (Å²) < 4.78 is 40.6. The molecule has 2 atom stereocenters. The Labute approximate surface area is 147 Å². The van der Waals surface area contributed by atoms with Gasteiger partial charge in [0.1, 0.15) is 11.8 Å². The summed E-state index contributed by atoms with van der Waals surface area (Å²) in [5.41, 5.74) is -0.290. The third-order valence-electron chi connectivity index (χ3n) is 3.87. The number of carboxylic acid groups (broad SMARTS) is 1. The zero-order valence-corrected chi connectivity index (χ0v) is 13.7. The Morgan fingerprint density at radius 1 is 1.38 bits per heavy atom. The van der Waals surface area contributed by atoms with Gasteiger partial charge in [0.25, 0.3) is 0 Å². The van der Waals surface area contributed by atoms with Gasteiger partial charge in [0, 0.05) is 18.8 Å². The zero-order valence-electron chi connectivity index (χ0n) is 13.7. The SMILES string of the molecule is CC1CC(C(=O)O)CN(C(=O)Nc2ccc(OC(F)(F)F)c(C#N)c2)C1. The maximum atomic E-state index is 12.3. The third kappa shape index (κ3) is 5.02. The predicted molar refractivity (Wildman–Crippen MR) is 83.3 cm³/mol. The Morgan fingerprint density at radius 3 is 2.65 bits per heavy atom. The molecule has 2 unspecified atom stereocenters. The van der Waals surface area contributed by atoms with Crippen molar-refractivity contribution in [3.8, 4) is 11.8 Å². The molecule has 1 saturated heterocycles. The van der Waals surface area contributed by atoms with E-state index in [9.17, 15) is 22.8 Å². The van der Waals surface area contributed by atoms with Crippen LogP contribution in [-0.2, 0) is 4.79 Å². The number of carbonyl (C=O) groups is 2. The summed E-state index contributed by atoms with van der Waals surface area (Å²) >= 11 is 0.